The Kier molecular flexibility index (Phi) is 3.27. The van der Waals surface area contributed by atoms with E-state index >= 15 is 0 Å². The van der Waals surface area contributed by atoms with Gasteiger partial charge in [0.05, 0.1) is 0 Å². The molecule has 1 fully saturated rings. The number of benzene rings is 1. The van der Waals surface area contributed by atoms with Crippen molar-refractivity contribution in [3.8, 4) is 0 Å². The molecule has 0 bridgehead atoms. The largest absolute Gasteiger partial charge is 0.203 e. The quantitative estimate of drug-likeness (QED) is 0.655. The highest BCUT2D eigenvalue weighted by Gasteiger charge is 2.24. The lowest BCUT2D eigenvalue weighted by Gasteiger charge is -2.27. The van der Waals surface area contributed by atoms with Crippen molar-refractivity contribution in [2.75, 3.05) is 0 Å². The first-order valence-corrected chi connectivity index (χ1v) is 6.04. The summed E-state index contributed by atoms with van der Waals surface area (Å²) in [5.74, 6) is -0.462. The van der Waals surface area contributed by atoms with Crippen LogP contribution in [0, 0.1) is 24.5 Å². The molecule has 0 radical (unpaired) electrons. The van der Waals surface area contributed by atoms with Gasteiger partial charge in [-0.05, 0) is 42.7 Å². The van der Waals surface area contributed by atoms with E-state index in [4.69, 9.17) is 0 Å². The molecule has 2 unspecified atom stereocenters. The maximum atomic E-state index is 13.8. The molecule has 0 aliphatic heterocycles. The Morgan fingerprint density at radius 1 is 1.12 bits per heavy atom. The van der Waals surface area contributed by atoms with Gasteiger partial charge >= 0.3 is 0 Å². The summed E-state index contributed by atoms with van der Waals surface area (Å²) in [7, 11) is 0. The molecule has 2 heteroatoms. The summed E-state index contributed by atoms with van der Waals surface area (Å²) in [5.41, 5.74) is 0.972. The van der Waals surface area contributed by atoms with Crippen molar-refractivity contribution >= 4 is 0 Å². The van der Waals surface area contributed by atoms with E-state index in [2.05, 4.69) is 6.92 Å². The van der Waals surface area contributed by atoms with Crippen molar-refractivity contribution in [1.82, 2.24) is 0 Å². The third-order valence-electron chi connectivity index (χ3n) is 3.68. The van der Waals surface area contributed by atoms with Gasteiger partial charge < -0.3 is 0 Å². The molecule has 1 aromatic rings. The SMILES string of the molecule is Cc1ccc(C2CCCC(C)C2)c(F)c1F. The molecule has 0 nitrogen and oxygen atoms in total. The minimum atomic E-state index is -0.671. The van der Waals surface area contributed by atoms with Crippen molar-refractivity contribution in [3.05, 3.63) is 34.9 Å². The minimum absolute atomic E-state index is 0.207. The lowest BCUT2D eigenvalue weighted by Crippen LogP contribution is -2.13. The summed E-state index contributed by atoms with van der Waals surface area (Å²) < 4.78 is 27.3. The van der Waals surface area contributed by atoms with Crippen LogP contribution in [0.5, 0.6) is 0 Å². The number of hydrogen-bond acceptors (Lipinski definition) is 0. The molecule has 88 valence electrons. The molecule has 0 aromatic heterocycles. The maximum Gasteiger partial charge on any atom is 0.162 e. The zero-order valence-corrected chi connectivity index (χ0v) is 9.89. The molecule has 1 aliphatic rings. The van der Waals surface area contributed by atoms with Crippen molar-refractivity contribution in [3.63, 3.8) is 0 Å². The summed E-state index contributed by atoms with van der Waals surface area (Å²) in [4.78, 5) is 0. The second-order valence-corrected chi connectivity index (χ2v) is 5.07. The monoisotopic (exact) mass is 224 g/mol. The Balaban J connectivity index is 2.29. The number of halogens is 2. The predicted molar refractivity (Wildman–Crippen MR) is 61.5 cm³/mol. The number of aryl methyl sites for hydroxylation is 1. The van der Waals surface area contributed by atoms with Crippen molar-refractivity contribution in [1.29, 1.82) is 0 Å². The van der Waals surface area contributed by atoms with Gasteiger partial charge in [-0.1, -0.05) is 31.9 Å². The first-order chi connectivity index (χ1) is 7.59. The van der Waals surface area contributed by atoms with Gasteiger partial charge in [0.1, 0.15) is 0 Å². The minimum Gasteiger partial charge on any atom is -0.203 e. The van der Waals surface area contributed by atoms with Crippen molar-refractivity contribution in [2.24, 2.45) is 5.92 Å². The average Bonchev–Trinajstić information content (AvgIpc) is 2.26. The molecule has 0 heterocycles. The number of hydrogen-bond donors (Lipinski definition) is 0. The van der Waals surface area contributed by atoms with Gasteiger partial charge in [0, 0.05) is 0 Å². The molecule has 1 saturated carbocycles. The summed E-state index contributed by atoms with van der Waals surface area (Å²) in [5, 5.41) is 0. The molecule has 0 N–H and O–H groups in total. The maximum absolute atomic E-state index is 13.8. The van der Waals surface area contributed by atoms with E-state index in [-0.39, 0.29) is 5.92 Å². The number of rotatable bonds is 1. The molecule has 16 heavy (non-hydrogen) atoms. The van der Waals surface area contributed by atoms with Crippen LogP contribution in [0.1, 0.15) is 49.7 Å². The molecule has 0 saturated heterocycles. The topological polar surface area (TPSA) is 0 Å². The van der Waals surface area contributed by atoms with Crippen LogP contribution < -0.4 is 0 Å². The predicted octanol–water partition coefficient (Wildman–Crippen LogP) is 4.57. The highest BCUT2D eigenvalue weighted by molar-refractivity contribution is 5.28. The second-order valence-electron chi connectivity index (χ2n) is 5.07. The first-order valence-electron chi connectivity index (χ1n) is 6.04. The van der Waals surface area contributed by atoms with Crippen LogP contribution in [0.2, 0.25) is 0 Å². The lowest BCUT2D eigenvalue weighted by molar-refractivity contribution is 0.335. The highest BCUT2D eigenvalue weighted by Crippen LogP contribution is 2.37. The van der Waals surface area contributed by atoms with Crippen LogP contribution in [0.3, 0.4) is 0 Å². The van der Waals surface area contributed by atoms with E-state index in [0.717, 1.165) is 19.3 Å². The van der Waals surface area contributed by atoms with E-state index in [1.165, 1.54) is 6.42 Å². The fourth-order valence-electron chi connectivity index (χ4n) is 2.69. The molecule has 0 amide bonds. The van der Waals surface area contributed by atoms with Gasteiger partial charge in [0.2, 0.25) is 0 Å². The molecule has 0 spiro atoms. The van der Waals surface area contributed by atoms with Crippen LogP contribution in [0.15, 0.2) is 12.1 Å². The Hall–Kier alpha value is -0.920. The highest BCUT2D eigenvalue weighted by atomic mass is 19.2. The van der Waals surface area contributed by atoms with Crippen LogP contribution in [0.25, 0.3) is 0 Å². The summed E-state index contributed by atoms with van der Waals surface area (Å²) in [6.45, 7) is 3.79. The third kappa shape index (κ3) is 2.11. The van der Waals surface area contributed by atoms with Crippen molar-refractivity contribution < 1.29 is 8.78 Å². The second kappa shape index (κ2) is 4.52. The van der Waals surface area contributed by atoms with Gasteiger partial charge in [-0.25, -0.2) is 8.78 Å². The smallest absolute Gasteiger partial charge is 0.162 e. The fraction of sp³-hybridized carbons (Fsp3) is 0.571. The summed E-state index contributed by atoms with van der Waals surface area (Å²) in [6.07, 6.45) is 4.32. The zero-order chi connectivity index (χ0) is 11.7. The zero-order valence-electron chi connectivity index (χ0n) is 9.89. The van der Waals surface area contributed by atoms with Crippen molar-refractivity contribution in [2.45, 2.75) is 45.4 Å². The molecule has 2 rings (SSSR count). The van der Waals surface area contributed by atoms with Gasteiger partial charge in [-0.2, -0.15) is 0 Å². The molecular formula is C14H18F2. The molecular weight excluding hydrogens is 206 g/mol. The molecule has 1 aromatic carbocycles. The van der Waals surface area contributed by atoms with Crippen LogP contribution in [-0.2, 0) is 0 Å². The first kappa shape index (κ1) is 11.6. The Morgan fingerprint density at radius 3 is 2.56 bits per heavy atom. The van der Waals surface area contributed by atoms with Gasteiger partial charge in [-0.3, -0.25) is 0 Å². The average molecular weight is 224 g/mol. The van der Waals surface area contributed by atoms with E-state index in [1.54, 1.807) is 19.1 Å². The van der Waals surface area contributed by atoms with Crippen LogP contribution in [0.4, 0.5) is 8.78 Å². The fourth-order valence-corrected chi connectivity index (χ4v) is 2.69. The van der Waals surface area contributed by atoms with E-state index in [0.29, 0.717) is 17.0 Å². The van der Waals surface area contributed by atoms with E-state index < -0.39 is 11.6 Å². The summed E-state index contributed by atoms with van der Waals surface area (Å²) >= 11 is 0. The third-order valence-corrected chi connectivity index (χ3v) is 3.68. The van der Waals surface area contributed by atoms with E-state index in [1.807, 2.05) is 0 Å². The Bertz CT molecular complexity index is 385. The van der Waals surface area contributed by atoms with E-state index in [9.17, 15) is 8.78 Å². The normalized spacial score (nSPS) is 25.8. The van der Waals surface area contributed by atoms with Gasteiger partial charge in [0.15, 0.2) is 11.6 Å². The van der Waals surface area contributed by atoms with Gasteiger partial charge in [0.25, 0.3) is 0 Å². The standard InChI is InChI=1S/C14H18F2/c1-9-4-3-5-11(8-9)12-7-6-10(2)13(15)14(12)16/h6-7,9,11H,3-5,8H2,1-2H3. The lowest BCUT2D eigenvalue weighted by atomic mass is 9.78. The molecule has 2 atom stereocenters. The Morgan fingerprint density at radius 2 is 1.88 bits per heavy atom. The van der Waals surface area contributed by atoms with Crippen LogP contribution >= 0.6 is 0 Å². The Labute approximate surface area is 95.7 Å². The molecule has 1 aliphatic carbocycles. The summed E-state index contributed by atoms with van der Waals surface area (Å²) in [6, 6.07) is 3.45. The van der Waals surface area contributed by atoms with Gasteiger partial charge in [-0.15, -0.1) is 0 Å². The van der Waals surface area contributed by atoms with Crippen LogP contribution in [-0.4, -0.2) is 0 Å².